The lowest BCUT2D eigenvalue weighted by atomic mass is 10.2. The molecule has 3 rings (SSSR count). The molecule has 1 aromatic heterocycles. The molecule has 9 nitrogen and oxygen atoms in total. The Morgan fingerprint density at radius 3 is 2.58 bits per heavy atom. The summed E-state index contributed by atoms with van der Waals surface area (Å²) < 4.78 is 31.3. The van der Waals surface area contributed by atoms with Gasteiger partial charge in [-0.3, -0.25) is 14.9 Å². The average Bonchev–Trinajstić information content (AvgIpc) is 3.06. The summed E-state index contributed by atoms with van der Waals surface area (Å²) in [7, 11) is -1.80. The molecule has 2 aromatic carbocycles. The number of aromatic nitrogens is 1. The van der Waals surface area contributed by atoms with Crippen molar-refractivity contribution in [3.63, 3.8) is 0 Å². The Morgan fingerprint density at radius 1 is 1.26 bits per heavy atom. The Morgan fingerprint density at radius 2 is 1.97 bits per heavy atom. The summed E-state index contributed by atoms with van der Waals surface area (Å²) in [6.45, 7) is 0.826. The number of hydrogen-bond donors (Lipinski definition) is 0. The third-order valence-electron chi connectivity index (χ3n) is 4.33. The lowest BCUT2D eigenvalue weighted by molar-refractivity contribution is -0.384. The number of ether oxygens (including phenoxy) is 1. The molecule has 0 aliphatic heterocycles. The van der Waals surface area contributed by atoms with Crippen molar-refractivity contribution in [1.29, 1.82) is 0 Å². The van der Waals surface area contributed by atoms with Gasteiger partial charge >= 0.3 is 0 Å². The van der Waals surface area contributed by atoms with Gasteiger partial charge < -0.3 is 9.30 Å². The number of nitro groups is 1. The number of amides is 1. The normalized spacial score (nSPS) is 12.6. The Kier molecular flexibility index (Phi) is 6.78. The van der Waals surface area contributed by atoms with E-state index < -0.39 is 20.7 Å². The summed E-state index contributed by atoms with van der Waals surface area (Å²) in [5, 5.41) is 10.7. The molecular formula is C20H19N3O6S2. The summed E-state index contributed by atoms with van der Waals surface area (Å²) in [6, 6.07) is 10.5. The van der Waals surface area contributed by atoms with Gasteiger partial charge in [0.1, 0.15) is 0 Å². The molecule has 0 radical (unpaired) electrons. The van der Waals surface area contributed by atoms with Gasteiger partial charge in [0.25, 0.3) is 11.6 Å². The van der Waals surface area contributed by atoms with Gasteiger partial charge in [0.2, 0.25) is 0 Å². The first-order valence-corrected chi connectivity index (χ1v) is 11.7. The number of rotatable bonds is 7. The van der Waals surface area contributed by atoms with Crippen LogP contribution >= 0.6 is 11.3 Å². The number of thiazole rings is 1. The van der Waals surface area contributed by atoms with Gasteiger partial charge in [-0.1, -0.05) is 11.3 Å². The first-order valence-electron chi connectivity index (χ1n) is 9.02. The third kappa shape index (κ3) is 5.51. The summed E-state index contributed by atoms with van der Waals surface area (Å²) in [6.07, 6.45) is 3.93. The molecule has 0 saturated heterocycles. The van der Waals surface area contributed by atoms with Crippen molar-refractivity contribution >= 4 is 49.1 Å². The summed E-state index contributed by atoms with van der Waals surface area (Å²) >= 11 is 1.21. The van der Waals surface area contributed by atoms with Crippen molar-refractivity contribution in [3.05, 3.63) is 69.0 Å². The zero-order chi connectivity index (χ0) is 22.6. The molecule has 162 valence electrons. The smallest absolute Gasteiger partial charge is 0.272 e. The summed E-state index contributed by atoms with van der Waals surface area (Å²) in [5.41, 5.74) is 1.34. The topological polar surface area (TPSA) is 121 Å². The summed E-state index contributed by atoms with van der Waals surface area (Å²) in [5.74, 6) is -0.514. The fraction of sp³-hybridized carbons (Fsp3) is 0.200. The van der Waals surface area contributed by atoms with E-state index in [1.165, 1.54) is 53.8 Å². The Balaban J connectivity index is 1.96. The highest BCUT2D eigenvalue weighted by molar-refractivity contribution is 7.90. The van der Waals surface area contributed by atoms with Gasteiger partial charge in [0.15, 0.2) is 14.6 Å². The van der Waals surface area contributed by atoms with Gasteiger partial charge in [-0.25, -0.2) is 8.42 Å². The predicted molar refractivity (Wildman–Crippen MR) is 118 cm³/mol. The SMILES string of the molecule is COCCn1c(=NC(=O)C=Cc2ccc([N+](=O)[O-])cc2)sc2cc(S(C)(=O)=O)ccc21. The van der Waals surface area contributed by atoms with Crippen LogP contribution in [0.25, 0.3) is 16.3 Å². The van der Waals surface area contributed by atoms with E-state index in [-0.39, 0.29) is 10.6 Å². The minimum Gasteiger partial charge on any atom is -0.383 e. The standard InChI is InChI=1S/C20H19N3O6S2/c1-29-12-11-22-17-9-8-16(31(2,27)28)13-18(17)30-20(22)21-19(24)10-5-14-3-6-15(7-4-14)23(25)26/h3-10,13H,11-12H2,1-2H3. The van der Waals surface area contributed by atoms with E-state index in [0.29, 0.717) is 28.2 Å². The highest BCUT2D eigenvalue weighted by atomic mass is 32.2. The van der Waals surface area contributed by atoms with Crippen molar-refractivity contribution in [2.24, 2.45) is 4.99 Å². The van der Waals surface area contributed by atoms with Crippen LogP contribution in [0.15, 0.2) is 58.4 Å². The van der Waals surface area contributed by atoms with E-state index >= 15 is 0 Å². The molecule has 1 amide bonds. The number of carbonyl (C=O) groups excluding carboxylic acids is 1. The van der Waals surface area contributed by atoms with Gasteiger partial charge in [-0.15, -0.1) is 0 Å². The van der Waals surface area contributed by atoms with Crippen LogP contribution in [0.1, 0.15) is 5.56 Å². The third-order valence-corrected chi connectivity index (χ3v) is 6.48. The molecule has 11 heteroatoms. The van der Waals surface area contributed by atoms with Crippen molar-refractivity contribution in [2.75, 3.05) is 20.0 Å². The van der Waals surface area contributed by atoms with Crippen LogP contribution in [0.4, 0.5) is 5.69 Å². The first kappa shape index (κ1) is 22.5. The van der Waals surface area contributed by atoms with E-state index in [4.69, 9.17) is 4.74 Å². The molecule has 0 aliphatic carbocycles. The minimum absolute atomic E-state index is 0.0360. The molecule has 0 bridgehead atoms. The van der Waals surface area contributed by atoms with Crippen LogP contribution in [0.2, 0.25) is 0 Å². The van der Waals surface area contributed by atoms with Crippen LogP contribution in [0.3, 0.4) is 0 Å². The Bertz CT molecular complexity index is 1340. The van der Waals surface area contributed by atoms with Crippen LogP contribution in [0, 0.1) is 10.1 Å². The highest BCUT2D eigenvalue weighted by Crippen LogP contribution is 2.22. The Hall–Kier alpha value is -3.15. The molecule has 0 aliphatic rings. The lowest BCUT2D eigenvalue weighted by Gasteiger charge is -2.04. The number of fused-ring (bicyclic) bond motifs is 1. The van der Waals surface area contributed by atoms with E-state index in [1.807, 2.05) is 0 Å². The number of nitrogens with zero attached hydrogens (tertiary/aromatic N) is 3. The summed E-state index contributed by atoms with van der Waals surface area (Å²) in [4.78, 5) is 27.4. The number of methoxy groups -OCH3 is 1. The largest absolute Gasteiger partial charge is 0.383 e. The molecule has 31 heavy (non-hydrogen) atoms. The van der Waals surface area contributed by atoms with Gasteiger partial charge in [0, 0.05) is 38.1 Å². The molecular weight excluding hydrogens is 442 g/mol. The van der Waals surface area contributed by atoms with E-state index in [0.717, 1.165) is 11.8 Å². The zero-order valence-corrected chi connectivity index (χ0v) is 18.4. The molecule has 0 spiro atoms. The van der Waals surface area contributed by atoms with Crippen LogP contribution in [-0.2, 0) is 25.9 Å². The van der Waals surface area contributed by atoms with Gasteiger partial charge in [-0.2, -0.15) is 4.99 Å². The number of non-ortho nitro benzene ring substituents is 1. The van der Waals surface area contributed by atoms with Crippen LogP contribution in [-0.4, -0.2) is 43.8 Å². The van der Waals surface area contributed by atoms with E-state index in [2.05, 4.69) is 4.99 Å². The average molecular weight is 462 g/mol. The molecule has 0 atom stereocenters. The van der Waals surface area contributed by atoms with Crippen molar-refractivity contribution < 1.29 is 22.9 Å². The second kappa shape index (κ2) is 9.33. The molecule has 0 saturated carbocycles. The predicted octanol–water partition coefficient (Wildman–Crippen LogP) is 2.80. The van der Waals surface area contributed by atoms with Gasteiger partial charge in [-0.05, 0) is 42.0 Å². The maximum atomic E-state index is 12.4. The minimum atomic E-state index is -3.36. The van der Waals surface area contributed by atoms with Gasteiger partial charge in [0.05, 0.1) is 26.6 Å². The first-order chi connectivity index (χ1) is 14.7. The van der Waals surface area contributed by atoms with Crippen molar-refractivity contribution in [3.8, 4) is 0 Å². The maximum absolute atomic E-state index is 12.4. The molecule has 0 N–H and O–H groups in total. The van der Waals surface area contributed by atoms with Crippen molar-refractivity contribution in [2.45, 2.75) is 11.4 Å². The number of hydrogen-bond acceptors (Lipinski definition) is 7. The second-order valence-corrected chi connectivity index (χ2v) is 9.59. The van der Waals surface area contributed by atoms with Crippen molar-refractivity contribution in [1.82, 2.24) is 4.57 Å². The quantitative estimate of drug-likeness (QED) is 0.303. The molecule has 1 heterocycles. The van der Waals surface area contributed by atoms with E-state index in [1.54, 1.807) is 23.8 Å². The number of carbonyl (C=O) groups is 1. The van der Waals surface area contributed by atoms with Crippen LogP contribution in [0.5, 0.6) is 0 Å². The molecule has 0 fully saturated rings. The maximum Gasteiger partial charge on any atom is 0.272 e. The molecule has 0 unspecified atom stereocenters. The second-order valence-electron chi connectivity index (χ2n) is 6.56. The Labute approximate surface area is 182 Å². The lowest BCUT2D eigenvalue weighted by Crippen LogP contribution is -2.18. The monoisotopic (exact) mass is 461 g/mol. The zero-order valence-electron chi connectivity index (χ0n) is 16.7. The molecule has 3 aromatic rings. The highest BCUT2D eigenvalue weighted by Gasteiger charge is 2.12. The number of benzene rings is 2. The van der Waals surface area contributed by atoms with Crippen LogP contribution < -0.4 is 4.80 Å². The number of sulfone groups is 1. The number of nitro benzene ring substituents is 1. The van der Waals surface area contributed by atoms with E-state index in [9.17, 15) is 23.3 Å². The fourth-order valence-corrected chi connectivity index (χ4v) is 4.60. The fourth-order valence-electron chi connectivity index (χ4n) is 2.77.